The van der Waals surface area contributed by atoms with Crippen molar-refractivity contribution in [2.75, 3.05) is 9.80 Å². The summed E-state index contributed by atoms with van der Waals surface area (Å²) < 4.78 is 0. The Morgan fingerprint density at radius 3 is 1.76 bits per heavy atom. The number of imide groups is 2. The Labute approximate surface area is 192 Å². The number of hydrogen-bond acceptors (Lipinski definition) is 4. The fourth-order valence-electron chi connectivity index (χ4n) is 5.46. The normalized spacial score (nSPS) is 27.3. The third kappa shape index (κ3) is 3.41. The van der Waals surface area contributed by atoms with Crippen LogP contribution in [0.2, 0.25) is 0 Å². The van der Waals surface area contributed by atoms with E-state index in [0.29, 0.717) is 17.8 Å². The summed E-state index contributed by atoms with van der Waals surface area (Å²) in [6, 6.07) is 14.7. The van der Waals surface area contributed by atoms with Crippen LogP contribution >= 0.6 is 0 Å². The first-order valence-corrected chi connectivity index (χ1v) is 11.3. The van der Waals surface area contributed by atoms with Crippen LogP contribution in [-0.4, -0.2) is 23.6 Å². The number of nitrogens with zero attached hydrogens (tertiary/aromatic N) is 2. The minimum Gasteiger partial charge on any atom is -0.274 e. The lowest BCUT2D eigenvalue weighted by molar-refractivity contribution is -0.125. The van der Waals surface area contributed by atoms with Crippen molar-refractivity contribution in [1.82, 2.24) is 0 Å². The molecule has 6 nitrogen and oxygen atoms in total. The lowest BCUT2D eigenvalue weighted by Gasteiger charge is -2.29. The van der Waals surface area contributed by atoms with Gasteiger partial charge in [-0.25, -0.2) is 4.90 Å². The Morgan fingerprint density at radius 1 is 0.667 bits per heavy atom. The Bertz CT molecular complexity index is 1200. The summed E-state index contributed by atoms with van der Waals surface area (Å²) in [6.07, 6.45) is 2.45. The fraction of sp³-hybridized carbons (Fsp3) is 0.333. The first-order chi connectivity index (χ1) is 15.8. The number of hydrogen-bond donors (Lipinski definition) is 0. The molecule has 2 fully saturated rings. The highest BCUT2D eigenvalue weighted by molar-refractivity contribution is 6.23. The number of carbonyl (C=O) groups excluding carboxylic acids is 4. The van der Waals surface area contributed by atoms with Crippen molar-refractivity contribution in [2.24, 2.45) is 23.7 Å². The third-order valence-corrected chi connectivity index (χ3v) is 7.20. The summed E-state index contributed by atoms with van der Waals surface area (Å²) >= 11 is 0. The number of amides is 4. The summed E-state index contributed by atoms with van der Waals surface area (Å²) in [5.41, 5.74) is 4.05. The maximum absolute atomic E-state index is 13.3. The first kappa shape index (κ1) is 21.3. The molecule has 2 saturated heterocycles. The summed E-state index contributed by atoms with van der Waals surface area (Å²) in [7, 11) is 0. The van der Waals surface area contributed by atoms with Gasteiger partial charge in [0.15, 0.2) is 0 Å². The number of allylic oxidation sites excluding steroid dienone is 1. The van der Waals surface area contributed by atoms with Gasteiger partial charge in [0.05, 0.1) is 29.1 Å². The second-order valence-corrected chi connectivity index (χ2v) is 9.46. The van der Waals surface area contributed by atoms with Crippen molar-refractivity contribution in [2.45, 2.75) is 33.6 Å². The van der Waals surface area contributed by atoms with Crippen molar-refractivity contribution in [1.29, 1.82) is 0 Å². The molecule has 3 aliphatic rings. The Kier molecular flexibility index (Phi) is 5.04. The molecular formula is C27H26N2O4. The second kappa shape index (κ2) is 7.80. The monoisotopic (exact) mass is 442 g/mol. The van der Waals surface area contributed by atoms with E-state index in [0.717, 1.165) is 16.7 Å². The van der Waals surface area contributed by atoms with Gasteiger partial charge in [-0.05, 0) is 57.4 Å². The molecule has 2 aliphatic heterocycles. The van der Waals surface area contributed by atoms with Gasteiger partial charge in [0.1, 0.15) is 0 Å². The van der Waals surface area contributed by atoms with Crippen LogP contribution in [0.5, 0.6) is 0 Å². The minimum absolute atomic E-state index is 0.113. The summed E-state index contributed by atoms with van der Waals surface area (Å²) in [5, 5.41) is 0. The van der Waals surface area contributed by atoms with Gasteiger partial charge in [0.25, 0.3) is 0 Å². The van der Waals surface area contributed by atoms with E-state index >= 15 is 0 Å². The molecule has 5 rings (SSSR count). The van der Waals surface area contributed by atoms with Crippen LogP contribution in [0.3, 0.4) is 0 Å². The molecule has 2 aromatic carbocycles. The van der Waals surface area contributed by atoms with Gasteiger partial charge in [0.2, 0.25) is 23.6 Å². The van der Waals surface area contributed by atoms with Crippen molar-refractivity contribution < 1.29 is 19.2 Å². The number of rotatable bonds is 3. The van der Waals surface area contributed by atoms with Crippen LogP contribution in [-0.2, 0) is 19.2 Å². The van der Waals surface area contributed by atoms with Gasteiger partial charge >= 0.3 is 0 Å². The standard InChI is InChI=1S/C27H26N2O4/c1-15-4-8-19(9-5-15)28-23(30)14-21(25(28)31)18-12-17(3)24-22(13-18)26(32)29(27(24)33)20-10-6-16(2)7-11-20/h4-12,18,21-22,24H,13-14H2,1-3H3/t18-,21-,22+,24-/m0/s1. The summed E-state index contributed by atoms with van der Waals surface area (Å²) in [4.78, 5) is 55.1. The lowest BCUT2D eigenvalue weighted by Crippen LogP contribution is -2.35. The van der Waals surface area contributed by atoms with Crippen LogP contribution in [0.25, 0.3) is 0 Å². The van der Waals surface area contributed by atoms with Gasteiger partial charge in [-0.3, -0.25) is 24.1 Å². The maximum Gasteiger partial charge on any atom is 0.241 e. The van der Waals surface area contributed by atoms with E-state index in [1.807, 2.05) is 51.1 Å². The molecule has 0 bridgehead atoms. The quantitative estimate of drug-likeness (QED) is 0.533. The van der Waals surface area contributed by atoms with Crippen molar-refractivity contribution in [3.05, 3.63) is 71.3 Å². The number of benzene rings is 2. The topological polar surface area (TPSA) is 74.8 Å². The molecule has 0 spiro atoms. The molecule has 0 N–H and O–H groups in total. The SMILES string of the molecule is CC1=C[C@H]([C@@H]2CC(=O)N(c3ccc(C)cc3)C2=O)C[C@H]2C(=O)N(c3ccc(C)cc3)C(=O)[C@@H]12. The number of anilines is 2. The van der Waals surface area contributed by atoms with E-state index in [2.05, 4.69) is 0 Å². The second-order valence-electron chi connectivity index (χ2n) is 9.46. The van der Waals surface area contributed by atoms with E-state index in [1.165, 1.54) is 9.80 Å². The Balaban J connectivity index is 1.41. The highest BCUT2D eigenvalue weighted by atomic mass is 16.2. The average molecular weight is 443 g/mol. The third-order valence-electron chi connectivity index (χ3n) is 7.20. The van der Waals surface area contributed by atoms with Crippen LogP contribution in [0, 0.1) is 37.5 Å². The maximum atomic E-state index is 13.3. The molecule has 0 saturated carbocycles. The lowest BCUT2D eigenvalue weighted by atomic mass is 9.71. The van der Waals surface area contributed by atoms with Crippen LogP contribution < -0.4 is 9.80 Å². The highest BCUT2D eigenvalue weighted by Gasteiger charge is 2.53. The molecule has 6 heteroatoms. The van der Waals surface area contributed by atoms with Crippen molar-refractivity contribution >= 4 is 35.0 Å². The molecule has 0 unspecified atom stereocenters. The predicted octanol–water partition coefficient (Wildman–Crippen LogP) is 3.95. The van der Waals surface area contributed by atoms with Gasteiger partial charge in [-0.15, -0.1) is 0 Å². The fourth-order valence-corrected chi connectivity index (χ4v) is 5.46. The van der Waals surface area contributed by atoms with Gasteiger partial charge in [0, 0.05) is 6.42 Å². The zero-order chi connectivity index (χ0) is 23.4. The van der Waals surface area contributed by atoms with E-state index in [-0.39, 0.29) is 36.0 Å². The van der Waals surface area contributed by atoms with Crippen LogP contribution in [0.15, 0.2) is 60.2 Å². The van der Waals surface area contributed by atoms with Crippen molar-refractivity contribution in [3.63, 3.8) is 0 Å². The summed E-state index contributed by atoms with van der Waals surface area (Å²) in [6.45, 7) is 5.76. The summed E-state index contributed by atoms with van der Waals surface area (Å²) in [5.74, 6) is -2.69. The van der Waals surface area contributed by atoms with E-state index in [4.69, 9.17) is 0 Å². The zero-order valence-electron chi connectivity index (χ0n) is 18.9. The smallest absolute Gasteiger partial charge is 0.241 e. The molecule has 0 aromatic heterocycles. The average Bonchev–Trinajstić information content (AvgIpc) is 3.22. The molecule has 168 valence electrons. The molecule has 1 aliphatic carbocycles. The zero-order valence-corrected chi connectivity index (χ0v) is 18.9. The van der Waals surface area contributed by atoms with Crippen LogP contribution in [0.4, 0.5) is 11.4 Å². The minimum atomic E-state index is -0.522. The first-order valence-electron chi connectivity index (χ1n) is 11.3. The van der Waals surface area contributed by atoms with Gasteiger partial charge in [-0.2, -0.15) is 0 Å². The predicted molar refractivity (Wildman–Crippen MR) is 124 cm³/mol. The Hall–Kier alpha value is -3.54. The molecule has 0 radical (unpaired) electrons. The largest absolute Gasteiger partial charge is 0.274 e. The highest BCUT2D eigenvalue weighted by Crippen LogP contribution is 2.46. The molecule has 4 atom stereocenters. The van der Waals surface area contributed by atoms with E-state index in [9.17, 15) is 19.2 Å². The van der Waals surface area contributed by atoms with Crippen molar-refractivity contribution in [3.8, 4) is 0 Å². The molecule has 4 amide bonds. The number of carbonyl (C=O) groups is 4. The van der Waals surface area contributed by atoms with Gasteiger partial charge in [-0.1, -0.05) is 47.0 Å². The Morgan fingerprint density at radius 2 is 1.18 bits per heavy atom. The molecular weight excluding hydrogens is 416 g/mol. The van der Waals surface area contributed by atoms with Gasteiger partial charge < -0.3 is 0 Å². The molecule has 2 heterocycles. The molecule has 33 heavy (non-hydrogen) atoms. The number of aryl methyl sites for hydroxylation is 2. The van der Waals surface area contributed by atoms with Crippen LogP contribution in [0.1, 0.15) is 30.9 Å². The molecule has 2 aromatic rings. The number of fused-ring (bicyclic) bond motifs is 1. The van der Waals surface area contributed by atoms with E-state index < -0.39 is 17.8 Å². The van der Waals surface area contributed by atoms with E-state index in [1.54, 1.807) is 24.3 Å².